The van der Waals surface area contributed by atoms with Gasteiger partial charge in [-0.15, -0.1) is 0 Å². The van der Waals surface area contributed by atoms with Crippen LogP contribution >= 0.6 is 0 Å². The highest BCUT2D eigenvalue weighted by molar-refractivity contribution is 5.89. The minimum atomic E-state index is -1.74. The first-order chi connectivity index (χ1) is 18.4. The van der Waals surface area contributed by atoms with E-state index in [2.05, 4.69) is 46.4 Å². The van der Waals surface area contributed by atoms with Crippen LogP contribution in [0.15, 0.2) is 36.9 Å². The van der Waals surface area contributed by atoms with E-state index in [-0.39, 0.29) is 29.9 Å². The van der Waals surface area contributed by atoms with Gasteiger partial charge in [0, 0.05) is 18.3 Å². The van der Waals surface area contributed by atoms with Gasteiger partial charge in [-0.25, -0.2) is 19.7 Å². The van der Waals surface area contributed by atoms with Crippen molar-refractivity contribution in [3.63, 3.8) is 0 Å². The highest BCUT2D eigenvalue weighted by Crippen LogP contribution is 2.33. The molecular weight excluding hydrogens is 500 g/mol. The molecule has 0 aliphatic carbocycles. The largest absolute Gasteiger partial charge is 0.385 e. The number of aromatic nitrogens is 4. The third-order valence-electron chi connectivity index (χ3n) is 7.30. The normalized spacial score (nSPS) is 22.4. The molecule has 6 N–H and O–H groups in total. The molecule has 0 spiro atoms. The maximum atomic E-state index is 12.6. The van der Waals surface area contributed by atoms with Crippen LogP contribution in [0.25, 0.3) is 11.2 Å². The van der Waals surface area contributed by atoms with E-state index in [1.54, 1.807) is 0 Å². The second-order valence-electron chi connectivity index (χ2n) is 11.3. The minimum absolute atomic E-state index is 0.0323. The fourth-order valence-electron chi connectivity index (χ4n) is 4.76. The number of urea groups is 1. The molecule has 1 aliphatic heterocycles. The fraction of sp³-hybridized carbons (Fsp3) is 0.556. The zero-order chi connectivity index (χ0) is 28.4. The number of nitrogen functional groups attached to an aromatic ring is 1. The first-order valence-electron chi connectivity index (χ1n) is 13.2. The Hall–Kier alpha value is -3.32. The number of hydrogen-bond donors (Lipinski definition) is 5. The molecular formula is C27H40N8O4. The van der Waals surface area contributed by atoms with E-state index in [4.69, 9.17) is 10.5 Å². The number of ether oxygens (including phenoxy) is 1. The minimum Gasteiger partial charge on any atom is -0.385 e. The molecule has 0 bridgehead atoms. The number of fused-ring (bicyclic) bond motifs is 1. The van der Waals surface area contributed by atoms with Gasteiger partial charge in [-0.3, -0.25) is 4.57 Å². The lowest BCUT2D eigenvalue weighted by Gasteiger charge is -2.29. The molecule has 3 aromatic rings. The number of carbonyl (C=O) groups excluding carboxylic acids is 1. The Morgan fingerprint density at radius 2 is 2.00 bits per heavy atom. The van der Waals surface area contributed by atoms with Gasteiger partial charge in [-0.2, -0.15) is 0 Å². The number of imidazole rings is 1. The van der Waals surface area contributed by atoms with Crippen LogP contribution in [0.1, 0.15) is 46.1 Å². The molecule has 0 radical (unpaired) electrons. The maximum Gasteiger partial charge on any atom is 0.319 e. The van der Waals surface area contributed by atoms with Gasteiger partial charge in [0.2, 0.25) is 0 Å². The molecule has 4 rings (SSSR count). The maximum absolute atomic E-state index is 12.6. The summed E-state index contributed by atoms with van der Waals surface area (Å²) in [7, 11) is 1.91. The van der Waals surface area contributed by atoms with Crippen LogP contribution in [0.5, 0.6) is 0 Å². The summed E-state index contributed by atoms with van der Waals surface area (Å²) in [5.41, 5.74) is 6.79. The van der Waals surface area contributed by atoms with Gasteiger partial charge in [0.05, 0.1) is 12.9 Å². The Morgan fingerprint density at radius 1 is 1.28 bits per heavy atom. The van der Waals surface area contributed by atoms with Crippen molar-refractivity contribution >= 4 is 28.7 Å². The van der Waals surface area contributed by atoms with Gasteiger partial charge in [0.25, 0.3) is 0 Å². The predicted octanol–water partition coefficient (Wildman–Crippen LogP) is 2.03. The van der Waals surface area contributed by atoms with Crippen LogP contribution in [0, 0.1) is 0 Å². The number of nitrogens with one attached hydrogen (secondary N) is 2. The van der Waals surface area contributed by atoms with E-state index < -0.39 is 17.9 Å². The number of aliphatic hydroxyl groups excluding tert-OH is 1. The van der Waals surface area contributed by atoms with E-state index >= 15 is 0 Å². The molecule has 4 unspecified atom stereocenters. The molecule has 0 saturated carbocycles. The SMILES string of the molecule is CCC(CCN(C)CC1OCC(O)(n2cnc3c(N)ncnc32)C1O)NC(=O)Nc1ccc(C(C)(C)C)cc1. The van der Waals surface area contributed by atoms with Gasteiger partial charge in [0.1, 0.15) is 24.1 Å². The fourth-order valence-corrected chi connectivity index (χ4v) is 4.76. The Morgan fingerprint density at radius 3 is 2.67 bits per heavy atom. The number of rotatable bonds is 9. The van der Waals surface area contributed by atoms with Crippen molar-refractivity contribution < 1.29 is 19.7 Å². The molecule has 1 aromatic carbocycles. The van der Waals surface area contributed by atoms with E-state index in [9.17, 15) is 15.0 Å². The van der Waals surface area contributed by atoms with Crippen LogP contribution in [-0.4, -0.2) is 85.7 Å². The van der Waals surface area contributed by atoms with Crippen LogP contribution in [-0.2, 0) is 15.9 Å². The lowest BCUT2D eigenvalue weighted by atomic mass is 9.87. The molecule has 12 nitrogen and oxygen atoms in total. The predicted molar refractivity (Wildman–Crippen MR) is 149 cm³/mol. The number of nitrogens with two attached hydrogens (primary N) is 1. The molecule has 212 valence electrons. The number of nitrogens with zero attached hydrogens (tertiary/aromatic N) is 5. The molecule has 1 fully saturated rings. The van der Waals surface area contributed by atoms with E-state index in [1.165, 1.54) is 22.8 Å². The number of aliphatic hydroxyl groups is 2. The number of likely N-dealkylation sites (N-methyl/N-ethyl adjacent to an activating group) is 1. The molecule has 4 atom stereocenters. The molecule has 1 aliphatic rings. The standard InChI is InChI=1S/C27H40N8O4/c1-6-18(32-25(37)33-19-9-7-17(8-10-19)26(2,3)4)11-12-34(5)13-20-22(36)27(38,14-39-20)35-16-31-21-23(28)29-15-30-24(21)35/h7-10,15-16,18,20,22,36,38H,6,11-14H2,1-5H3,(H2,28,29,30)(H2,32,33,37). The molecule has 39 heavy (non-hydrogen) atoms. The summed E-state index contributed by atoms with van der Waals surface area (Å²) in [6.07, 6.45) is 2.29. The number of carbonyl (C=O) groups is 1. The smallest absolute Gasteiger partial charge is 0.319 e. The lowest BCUT2D eigenvalue weighted by Crippen LogP contribution is -2.48. The van der Waals surface area contributed by atoms with E-state index in [0.717, 1.165) is 12.1 Å². The third kappa shape index (κ3) is 6.30. The Balaban J connectivity index is 1.28. The van der Waals surface area contributed by atoms with Crippen molar-refractivity contribution in [2.75, 3.05) is 37.8 Å². The lowest BCUT2D eigenvalue weighted by molar-refractivity contribution is -0.108. The van der Waals surface area contributed by atoms with Gasteiger partial charge >= 0.3 is 6.03 Å². The van der Waals surface area contributed by atoms with Crippen molar-refractivity contribution in [2.24, 2.45) is 0 Å². The zero-order valence-electron chi connectivity index (χ0n) is 23.3. The number of benzene rings is 1. The monoisotopic (exact) mass is 540 g/mol. The van der Waals surface area contributed by atoms with Crippen molar-refractivity contribution in [3.05, 3.63) is 42.5 Å². The van der Waals surface area contributed by atoms with Crippen molar-refractivity contribution in [2.45, 2.75) is 69.9 Å². The van der Waals surface area contributed by atoms with Crippen LogP contribution in [0.2, 0.25) is 0 Å². The van der Waals surface area contributed by atoms with Gasteiger partial charge in [-0.1, -0.05) is 39.8 Å². The van der Waals surface area contributed by atoms with Crippen LogP contribution in [0.3, 0.4) is 0 Å². The molecule has 2 amide bonds. The average Bonchev–Trinajstić information content (AvgIpc) is 3.45. The van der Waals surface area contributed by atoms with Crippen LogP contribution in [0.4, 0.5) is 16.3 Å². The highest BCUT2D eigenvalue weighted by atomic mass is 16.5. The number of hydrogen-bond acceptors (Lipinski definition) is 9. The average molecular weight is 541 g/mol. The second-order valence-corrected chi connectivity index (χ2v) is 11.3. The highest BCUT2D eigenvalue weighted by Gasteiger charge is 2.50. The van der Waals surface area contributed by atoms with Crippen molar-refractivity contribution in [3.8, 4) is 0 Å². The van der Waals surface area contributed by atoms with E-state index in [1.807, 2.05) is 43.1 Å². The summed E-state index contributed by atoms with van der Waals surface area (Å²) in [6, 6.07) is 7.61. The molecule has 12 heteroatoms. The van der Waals surface area contributed by atoms with Crippen LogP contribution < -0.4 is 16.4 Å². The number of amides is 2. The first-order valence-corrected chi connectivity index (χ1v) is 13.2. The van der Waals surface area contributed by atoms with Crippen molar-refractivity contribution in [1.29, 1.82) is 0 Å². The summed E-state index contributed by atoms with van der Waals surface area (Å²) >= 11 is 0. The molecule has 3 heterocycles. The summed E-state index contributed by atoms with van der Waals surface area (Å²) in [4.78, 5) is 26.9. The van der Waals surface area contributed by atoms with Gasteiger partial charge in [-0.05, 0) is 49.5 Å². The first kappa shape index (κ1) is 28.7. The molecule has 2 aromatic heterocycles. The van der Waals surface area contributed by atoms with Gasteiger partial charge in [0.15, 0.2) is 17.2 Å². The summed E-state index contributed by atoms with van der Waals surface area (Å²) in [5, 5.41) is 28.3. The Bertz CT molecular complexity index is 1280. The summed E-state index contributed by atoms with van der Waals surface area (Å²) in [6.45, 7) is 9.39. The Labute approximate surface area is 228 Å². The summed E-state index contributed by atoms with van der Waals surface area (Å²) in [5.74, 6) is 0.193. The zero-order valence-corrected chi connectivity index (χ0v) is 23.3. The second kappa shape index (κ2) is 11.4. The van der Waals surface area contributed by atoms with Gasteiger partial charge < -0.3 is 36.2 Å². The third-order valence-corrected chi connectivity index (χ3v) is 7.30. The number of anilines is 2. The summed E-state index contributed by atoms with van der Waals surface area (Å²) < 4.78 is 7.19. The van der Waals surface area contributed by atoms with E-state index in [0.29, 0.717) is 30.7 Å². The topological polar surface area (TPSA) is 164 Å². The quantitative estimate of drug-likeness (QED) is 0.273. The Kier molecular flexibility index (Phi) is 8.40. The molecule has 1 saturated heterocycles. The van der Waals surface area contributed by atoms with Crippen molar-refractivity contribution in [1.82, 2.24) is 29.7 Å².